The second kappa shape index (κ2) is 6.89. The summed E-state index contributed by atoms with van der Waals surface area (Å²) in [4.78, 5) is 26.2. The minimum atomic E-state index is -0.388. The first-order chi connectivity index (χ1) is 11.5. The summed E-state index contributed by atoms with van der Waals surface area (Å²) in [5.41, 5.74) is 1.12. The molecule has 1 fully saturated rings. The summed E-state index contributed by atoms with van der Waals surface area (Å²) in [6.45, 7) is 0. The van der Waals surface area contributed by atoms with Crippen LogP contribution >= 0.6 is 35.0 Å². The number of methoxy groups -OCH3 is 1. The van der Waals surface area contributed by atoms with Gasteiger partial charge in [-0.25, -0.2) is 4.90 Å². The van der Waals surface area contributed by atoms with Crippen LogP contribution < -0.4 is 9.64 Å². The van der Waals surface area contributed by atoms with E-state index in [4.69, 9.17) is 27.9 Å². The van der Waals surface area contributed by atoms with Crippen molar-refractivity contribution in [2.24, 2.45) is 0 Å². The number of nitrogens with zero attached hydrogens (tertiary/aromatic N) is 1. The molecule has 0 aromatic heterocycles. The quantitative estimate of drug-likeness (QED) is 0.683. The highest BCUT2D eigenvalue weighted by Crippen LogP contribution is 2.37. The van der Waals surface area contributed by atoms with Gasteiger partial charge in [-0.1, -0.05) is 29.3 Å². The number of rotatable bonds is 3. The molecular formula is C17H11Cl2NO3S. The molecule has 0 aliphatic carbocycles. The number of amides is 2. The lowest BCUT2D eigenvalue weighted by molar-refractivity contribution is -0.113. The largest absolute Gasteiger partial charge is 0.497 e. The molecule has 4 nitrogen and oxygen atoms in total. The highest BCUT2D eigenvalue weighted by Gasteiger charge is 2.36. The number of ether oxygens (including phenoxy) is 1. The van der Waals surface area contributed by atoms with Gasteiger partial charge in [-0.3, -0.25) is 9.59 Å². The van der Waals surface area contributed by atoms with Crippen LogP contribution in [-0.2, 0) is 4.79 Å². The van der Waals surface area contributed by atoms with Crippen molar-refractivity contribution in [2.45, 2.75) is 0 Å². The Hall–Kier alpha value is -1.95. The number of hydrogen-bond donors (Lipinski definition) is 0. The Balaban J connectivity index is 1.92. The normalized spacial score (nSPS) is 16.1. The van der Waals surface area contributed by atoms with Gasteiger partial charge in [-0.2, -0.15) is 0 Å². The van der Waals surface area contributed by atoms with Crippen LogP contribution in [0.2, 0.25) is 10.0 Å². The lowest BCUT2D eigenvalue weighted by Gasteiger charge is -2.12. The number of carbonyl (C=O) groups is 2. The van der Waals surface area contributed by atoms with E-state index in [1.807, 2.05) is 0 Å². The Bertz CT molecular complexity index is 849. The van der Waals surface area contributed by atoms with Crippen LogP contribution in [0.15, 0.2) is 47.4 Å². The number of carbonyl (C=O) groups excluding carboxylic acids is 2. The molecule has 2 aromatic carbocycles. The zero-order valence-electron chi connectivity index (χ0n) is 12.5. The number of imide groups is 1. The lowest BCUT2D eigenvalue weighted by Crippen LogP contribution is -2.27. The molecule has 2 amide bonds. The van der Waals surface area contributed by atoms with Gasteiger partial charge >= 0.3 is 0 Å². The van der Waals surface area contributed by atoms with E-state index < -0.39 is 0 Å². The summed E-state index contributed by atoms with van der Waals surface area (Å²) < 4.78 is 5.08. The summed E-state index contributed by atoms with van der Waals surface area (Å²) in [5.74, 6) is 0.260. The summed E-state index contributed by atoms with van der Waals surface area (Å²) >= 11 is 12.9. The van der Waals surface area contributed by atoms with Crippen molar-refractivity contribution in [1.82, 2.24) is 0 Å². The Morgan fingerprint density at radius 3 is 2.42 bits per heavy atom. The van der Waals surface area contributed by atoms with Crippen molar-refractivity contribution in [3.8, 4) is 5.75 Å². The van der Waals surface area contributed by atoms with Crippen LogP contribution in [0.1, 0.15) is 5.56 Å². The van der Waals surface area contributed by atoms with E-state index >= 15 is 0 Å². The molecule has 0 bridgehead atoms. The molecular weight excluding hydrogens is 369 g/mol. The fraction of sp³-hybridized carbons (Fsp3) is 0.0588. The first-order valence-corrected chi connectivity index (χ1v) is 8.44. The Morgan fingerprint density at radius 1 is 1.08 bits per heavy atom. The molecule has 0 saturated carbocycles. The van der Waals surface area contributed by atoms with Crippen molar-refractivity contribution in [3.63, 3.8) is 0 Å². The molecule has 1 aliphatic heterocycles. The highest BCUT2D eigenvalue weighted by atomic mass is 35.5. The molecule has 0 spiro atoms. The van der Waals surface area contributed by atoms with Gasteiger partial charge in [-0.05, 0) is 59.8 Å². The number of hydrogen-bond acceptors (Lipinski definition) is 4. The SMILES string of the molecule is COc1ccc(N2C(=O)S/C(=C\c3ccc(Cl)cc3Cl)C2=O)cc1. The summed E-state index contributed by atoms with van der Waals surface area (Å²) in [5, 5.41) is 0.559. The average Bonchev–Trinajstić information content (AvgIpc) is 2.84. The third-order valence-corrected chi connectivity index (χ3v) is 4.81. The molecule has 3 rings (SSSR count). The van der Waals surface area contributed by atoms with Crippen molar-refractivity contribution >= 4 is 57.9 Å². The minimum absolute atomic E-state index is 0.306. The number of thioether (sulfide) groups is 1. The molecule has 1 aliphatic rings. The van der Waals surface area contributed by atoms with Gasteiger partial charge in [-0.15, -0.1) is 0 Å². The summed E-state index contributed by atoms with van der Waals surface area (Å²) in [7, 11) is 1.55. The zero-order chi connectivity index (χ0) is 17.3. The Kier molecular flexibility index (Phi) is 4.85. The maximum absolute atomic E-state index is 12.6. The van der Waals surface area contributed by atoms with Crippen LogP contribution in [0.5, 0.6) is 5.75 Å². The number of halogens is 2. The second-order valence-corrected chi connectivity index (χ2v) is 6.72. The molecule has 1 saturated heterocycles. The molecule has 122 valence electrons. The zero-order valence-corrected chi connectivity index (χ0v) is 14.8. The van der Waals surface area contributed by atoms with E-state index in [0.717, 1.165) is 16.7 Å². The fourth-order valence-electron chi connectivity index (χ4n) is 2.18. The highest BCUT2D eigenvalue weighted by molar-refractivity contribution is 8.19. The molecule has 0 radical (unpaired) electrons. The van der Waals surface area contributed by atoms with Gasteiger partial charge in [0.15, 0.2) is 0 Å². The van der Waals surface area contributed by atoms with E-state index in [1.165, 1.54) is 0 Å². The van der Waals surface area contributed by atoms with Crippen LogP contribution in [0.3, 0.4) is 0 Å². The third-order valence-electron chi connectivity index (χ3n) is 3.37. The van der Waals surface area contributed by atoms with Crippen molar-refractivity contribution in [3.05, 3.63) is 63.0 Å². The van der Waals surface area contributed by atoms with Crippen LogP contribution in [-0.4, -0.2) is 18.3 Å². The first-order valence-electron chi connectivity index (χ1n) is 6.86. The van der Waals surface area contributed by atoms with Gasteiger partial charge in [0.05, 0.1) is 17.7 Å². The molecule has 7 heteroatoms. The topological polar surface area (TPSA) is 46.6 Å². The lowest BCUT2D eigenvalue weighted by atomic mass is 10.2. The molecule has 24 heavy (non-hydrogen) atoms. The molecule has 0 N–H and O–H groups in total. The third kappa shape index (κ3) is 3.29. The number of benzene rings is 2. The Morgan fingerprint density at radius 2 is 1.79 bits per heavy atom. The monoisotopic (exact) mass is 379 g/mol. The average molecular weight is 380 g/mol. The van der Waals surface area contributed by atoms with Gasteiger partial charge in [0.1, 0.15) is 5.75 Å². The number of anilines is 1. The van der Waals surface area contributed by atoms with Gasteiger partial charge < -0.3 is 4.74 Å². The molecule has 1 heterocycles. The van der Waals surface area contributed by atoms with Gasteiger partial charge in [0, 0.05) is 10.0 Å². The van der Waals surface area contributed by atoms with Crippen molar-refractivity contribution < 1.29 is 14.3 Å². The van der Waals surface area contributed by atoms with Crippen molar-refractivity contribution in [2.75, 3.05) is 12.0 Å². The molecule has 2 aromatic rings. The maximum atomic E-state index is 12.6. The van der Waals surface area contributed by atoms with E-state index in [0.29, 0.717) is 32.0 Å². The Labute approximate surface area is 153 Å². The summed E-state index contributed by atoms with van der Waals surface area (Å²) in [6, 6.07) is 11.7. The maximum Gasteiger partial charge on any atom is 0.298 e. The van der Waals surface area contributed by atoms with Gasteiger partial charge in [0.2, 0.25) is 0 Å². The van der Waals surface area contributed by atoms with E-state index in [1.54, 1.807) is 55.7 Å². The summed E-state index contributed by atoms with van der Waals surface area (Å²) in [6.07, 6.45) is 1.59. The first kappa shape index (κ1) is 16.9. The van der Waals surface area contributed by atoms with Gasteiger partial charge in [0.25, 0.3) is 11.1 Å². The van der Waals surface area contributed by atoms with Crippen LogP contribution in [0, 0.1) is 0 Å². The van der Waals surface area contributed by atoms with Crippen LogP contribution in [0.25, 0.3) is 6.08 Å². The van der Waals surface area contributed by atoms with Crippen LogP contribution in [0.4, 0.5) is 10.5 Å². The predicted molar refractivity (Wildman–Crippen MR) is 97.9 cm³/mol. The van der Waals surface area contributed by atoms with Crippen molar-refractivity contribution in [1.29, 1.82) is 0 Å². The molecule has 0 unspecified atom stereocenters. The standard InChI is InChI=1S/C17H11Cl2NO3S/c1-23-13-6-4-12(5-7-13)20-16(21)15(24-17(20)22)8-10-2-3-11(18)9-14(10)19/h2-9H,1H3/b15-8-. The smallest absolute Gasteiger partial charge is 0.298 e. The predicted octanol–water partition coefficient (Wildman–Crippen LogP) is 5.24. The van der Waals surface area contributed by atoms with E-state index in [2.05, 4.69) is 0 Å². The fourth-order valence-corrected chi connectivity index (χ4v) is 3.48. The van der Waals surface area contributed by atoms with E-state index in [-0.39, 0.29) is 11.1 Å². The second-order valence-electron chi connectivity index (χ2n) is 4.88. The van der Waals surface area contributed by atoms with E-state index in [9.17, 15) is 9.59 Å². The minimum Gasteiger partial charge on any atom is -0.497 e. The molecule has 0 atom stereocenters.